The molecule has 0 aromatic heterocycles. The van der Waals surface area contributed by atoms with Gasteiger partial charge in [0.25, 0.3) is 0 Å². The molecule has 1 aromatic rings. The molecule has 0 saturated carbocycles. The first-order valence-corrected chi connectivity index (χ1v) is 6.66. The van der Waals surface area contributed by atoms with E-state index in [9.17, 15) is 0 Å². The predicted molar refractivity (Wildman–Crippen MR) is 68.0 cm³/mol. The lowest BCUT2D eigenvalue weighted by atomic mass is 10.1. The minimum Gasteiger partial charge on any atom is -0.314 e. The van der Waals surface area contributed by atoms with E-state index in [1.54, 1.807) is 0 Å². The zero-order chi connectivity index (χ0) is 10.7. The van der Waals surface area contributed by atoms with Crippen molar-refractivity contribution in [1.82, 2.24) is 5.32 Å². The SMILES string of the molecule is CC(Cl)CNCC1Cc2ccccc2S1. The van der Waals surface area contributed by atoms with Gasteiger partial charge in [0.05, 0.1) is 0 Å². The van der Waals surface area contributed by atoms with Crippen LogP contribution in [0.15, 0.2) is 29.2 Å². The molecule has 2 atom stereocenters. The zero-order valence-corrected chi connectivity index (χ0v) is 10.4. The maximum atomic E-state index is 5.88. The maximum Gasteiger partial charge on any atom is 0.0432 e. The number of hydrogen-bond donors (Lipinski definition) is 1. The van der Waals surface area contributed by atoms with Crippen molar-refractivity contribution in [3.63, 3.8) is 0 Å². The van der Waals surface area contributed by atoms with Crippen molar-refractivity contribution < 1.29 is 0 Å². The largest absolute Gasteiger partial charge is 0.314 e. The second-order valence-electron chi connectivity index (χ2n) is 3.99. The van der Waals surface area contributed by atoms with Gasteiger partial charge >= 0.3 is 0 Å². The van der Waals surface area contributed by atoms with Crippen molar-refractivity contribution >= 4 is 23.4 Å². The van der Waals surface area contributed by atoms with Gasteiger partial charge < -0.3 is 5.32 Å². The van der Waals surface area contributed by atoms with Crippen LogP contribution in [-0.2, 0) is 6.42 Å². The van der Waals surface area contributed by atoms with Gasteiger partial charge in [0.2, 0.25) is 0 Å². The predicted octanol–water partition coefficient (Wildman–Crippen LogP) is 2.92. The summed E-state index contributed by atoms with van der Waals surface area (Å²) in [6.45, 7) is 3.97. The summed E-state index contributed by atoms with van der Waals surface area (Å²) in [5.74, 6) is 0. The van der Waals surface area contributed by atoms with Crippen LogP contribution in [-0.4, -0.2) is 23.7 Å². The molecule has 1 N–H and O–H groups in total. The van der Waals surface area contributed by atoms with Crippen LogP contribution in [0.1, 0.15) is 12.5 Å². The van der Waals surface area contributed by atoms with Gasteiger partial charge in [-0.25, -0.2) is 0 Å². The smallest absolute Gasteiger partial charge is 0.0432 e. The Balaban J connectivity index is 1.80. The molecule has 0 fully saturated rings. The van der Waals surface area contributed by atoms with Crippen LogP contribution >= 0.6 is 23.4 Å². The normalized spacial score (nSPS) is 21.3. The number of benzene rings is 1. The Kier molecular flexibility index (Phi) is 3.95. The van der Waals surface area contributed by atoms with Gasteiger partial charge in [0.1, 0.15) is 0 Å². The molecule has 2 unspecified atom stereocenters. The van der Waals surface area contributed by atoms with E-state index >= 15 is 0 Å². The molecule has 15 heavy (non-hydrogen) atoms. The summed E-state index contributed by atoms with van der Waals surface area (Å²) in [4.78, 5) is 1.45. The van der Waals surface area contributed by atoms with Crippen molar-refractivity contribution in [2.24, 2.45) is 0 Å². The molecule has 1 aliphatic heterocycles. The number of rotatable bonds is 4. The highest BCUT2D eigenvalue weighted by Gasteiger charge is 2.20. The van der Waals surface area contributed by atoms with Crippen molar-refractivity contribution in [2.45, 2.75) is 28.9 Å². The molecular formula is C12H16ClNS. The van der Waals surface area contributed by atoms with Gasteiger partial charge in [-0.1, -0.05) is 18.2 Å². The first-order valence-electron chi connectivity index (χ1n) is 5.35. The summed E-state index contributed by atoms with van der Waals surface area (Å²) in [7, 11) is 0. The van der Waals surface area contributed by atoms with Gasteiger partial charge in [0.15, 0.2) is 0 Å². The van der Waals surface area contributed by atoms with E-state index < -0.39 is 0 Å². The summed E-state index contributed by atoms with van der Waals surface area (Å²) in [5, 5.41) is 4.31. The highest BCUT2D eigenvalue weighted by atomic mass is 35.5. The van der Waals surface area contributed by atoms with E-state index in [-0.39, 0.29) is 5.38 Å². The molecular weight excluding hydrogens is 226 g/mol. The highest BCUT2D eigenvalue weighted by Crippen LogP contribution is 2.36. The molecule has 2 rings (SSSR count). The molecule has 3 heteroatoms. The molecule has 1 aromatic carbocycles. The molecule has 0 spiro atoms. The fraction of sp³-hybridized carbons (Fsp3) is 0.500. The fourth-order valence-corrected chi connectivity index (χ4v) is 3.20. The van der Waals surface area contributed by atoms with Crippen LogP contribution in [0.2, 0.25) is 0 Å². The number of halogens is 1. The van der Waals surface area contributed by atoms with Gasteiger partial charge in [-0.15, -0.1) is 23.4 Å². The Bertz CT molecular complexity index is 302. The number of hydrogen-bond acceptors (Lipinski definition) is 2. The standard InChI is InChI=1S/C12H16ClNS/c1-9(13)7-14-8-11-6-10-4-2-3-5-12(10)15-11/h2-5,9,11,14H,6-8H2,1H3. The van der Waals surface area contributed by atoms with Crippen LogP contribution in [0.5, 0.6) is 0 Å². The van der Waals surface area contributed by atoms with E-state index in [2.05, 4.69) is 29.6 Å². The maximum absolute atomic E-state index is 5.88. The molecule has 0 saturated heterocycles. The topological polar surface area (TPSA) is 12.0 Å². The molecule has 1 aliphatic rings. The van der Waals surface area contributed by atoms with E-state index in [1.807, 2.05) is 18.7 Å². The Morgan fingerprint density at radius 1 is 1.53 bits per heavy atom. The van der Waals surface area contributed by atoms with Crippen molar-refractivity contribution in [3.05, 3.63) is 29.8 Å². The van der Waals surface area contributed by atoms with Gasteiger partial charge in [-0.05, 0) is 25.0 Å². The average Bonchev–Trinajstić information content (AvgIpc) is 2.59. The lowest BCUT2D eigenvalue weighted by Gasteiger charge is -2.10. The van der Waals surface area contributed by atoms with Gasteiger partial charge in [0, 0.05) is 28.6 Å². The van der Waals surface area contributed by atoms with Crippen LogP contribution in [0.3, 0.4) is 0 Å². The third-order valence-corrected chi connectivity index (χ3v) is 3.98. The van der Waals surface area contributed by atoms with Crippen molar-refractivity contribution in [2.75, 3.05) is 13.1 Å². The van der Waals surface area contributed by atoms with Crippen LogP contribution < -0.4 is 5.32 Å². The lowest BCUT2D eigenvalue weighted by molar-refractivity contribution is 0.657. The third kappa shape index (κ3) is 3.13. The number of nitrogens with one attached hydrogen (secondary N) is 1. The second kappa shape index (κ2) is 5.24. The van der Waals surface area contributed by atoms with E-state index in [4.69, 9.17) is 11.6 Å². The van der Waals surface area contributed by atoms with E-state index in [1.165, 1.54) is 16.9 Å². The van der Waals surface area contributed by atoms with Crippen LogP contribution in [0.25, 0.3) is 0 Å². The fourth-order valence-electron chi connectivity index (χ4n) is 1.81. The molecule has 1 nitrogen and oxygen atoms in total. The Labute approximate surface area is 101 Å². The molecule has 0 amide bonds. The molecule has 1 heterocycles. The lowest BCUT2D eigenvalue weighted by Crippen LogP contribution is -2.28. The third-order valence-electron chi connectivity index (χ3n) is 2.51. The first kappa shape index (κ1) is 11.3. The van der Waals surface area contributed by atoms with Gasteiger partial charge in [-0.2, -0.15) is 0 Å². The summed E-state index contributed by atoms with van der Waals surface area (Å²) >= 11 is 7.87. The van der Waals surface area contributed by atoms with E-state index in [0.29, 0.717) is 5.25 Å². The Morgan fingerprint density at radius 3 is 3.07 bits per heavy atom. The molecule has 0 bridgehead atoms. The number of alkyl halides is 1. The molecule has 0 aliphatic carbocycles. The Hall–Kier alpha value is -0.180. The molecule has 0 radical (unpaired) electrons. The Morgan fingerprint density at radius 2 is 2.33 bits per heavy atom. The number of fused-ring (bicyclic) bond motifs is 1. The summed E-state index contributed by atoms with van der Waals surface area (Å²) in [6, 6.07) is 8.68. The highest BCUT2D eigenvalue weighted by molar-refractivity contribution is 8.00. The van der Waals surface area contributed by atoms with Crippen LogP contribution in [0.4, 0.5) is 0 Å². The minimum absolute atomic E-state index is 0.221. The van der Waals surface area contributed by atoms with Crippen molar-refractivity contribution in [1.29, 1.82) is 0 Å². The summed E-state index contributed by atoms with van der Waals surface area (Å²) in [5.41, 5.74) is 1.49. The monoisotopic (exact) mass is 241 g/mol. The summed E-state index contributed by atoms with van der Waals surface area (Å²) < 4.78 is 0. The average molecular weight is 242 g/mol. The van der Waals surface area contributed by atoms with Crippen molar-refractivity contribution in [3.8, 4) is 0 Å². The van der Waals surface area contributed by atoms with Gasteiger partial charge in [-0.3, -0.25) is 0 Å². The van der Waals surface area contributed by atoms with E-state index in [0.717, 1.165) is 13.1 Å². The first-order chi connectivity index (χ1) is 7.25. The molecule has 82 valence electrons. The second-order valence-corrected chi connectivity index (χ2v) is 6.08. The summed E-state index contributed by atoms with van der Waals surface area (Å²) in [6.07, 6.45) is 1.19. The van der Waals surface area contributed by atoms with Crippen LogP contribution in [0, 0.1) is 0 Å². The quantitative estimate of drug-likeness (QED) is 0.814. The minimum atomic E-state index is 0.221. The zero-order valence-electron chi connectivity index (χ0n) is 8.87. The number of thioether (sulfide) groups is 1.